The van der Waals surface area contributed by atoms with Crippen LogP contribution in [0.4, 0.5) is 0 Å². The van der Waals surface area contributed by atoms with E-state index in [9.17, 15) is 9.59 Å². The van der Waals surface area contributed by atoms with Crippen molar-refractivity contribution in [1.29, 1.82) is 0 Å². The molecule has 2 unspecified atom stereocenters. The lowest BCUT2D eigenvalue weighted by Crippen LogP contribution is -2.39. The first-order valence-corrected chi connectivity index (χ1v) is 13.6. The van der Waals surface area contributed by atoms with E-state index >= 15 is 0 Å². The van der Waals surface area contributed by atoms with Gasteiger partial charge in [0.15, 0.2) is 5.78 Å². The van der Waals surface area contributed by atoms with Crippen LogP contribution in [0.5, 0.6) is 0 Å². The minimum Gasteiger partial charge on any atom is -0.297 e. The number of thioether (sulfide) groups is 1. The summed E-state index contributed by atoms with van der Waals surface area (Å²) in [5.74, 6) is 0.202. The van der Waals surface area contributed by atoms with Gasteiger partial charge in [-0.05, 0) is 59.8 Å². The van der Waals surface area contributed by atoms with Crippen molar-refractivity contribution >= 4 is 22.7 Å². The van der Waals surface area contributed by atoms with Gasteiger partial charge in [-0.25, -0.2) is 0 Å². The third-order valence-corrected chi connectivity index (χ3v) is 8.11. The third kappa shape index (κ3) is 8.91. The molecule has 1 aliphatic heterocycles. The van der Waals surface area contributed by atoms with E-state index in [1.165, 1.54) is 67.9 Å². The van der Waals surface area contributed by atoms with Crippen molar-refractivity contribution < 1.29 is 9.59 Å². The molecule has 2 atom stereocenters. The van der Waals surface area contributed by atoms with Crippen LogP contribution in [0, 0.1) is 5.41 Å². The van der Waals surface area contributed by atoms with Crippen LogP contribution in [-0.2, 0) is 9.59 Å². The minimum absolute atomic E-state index is 0.120. The second-order valence-corrected chi connectivity index (χ2v) is 11.6. The smallest absolute Gasteiger partial charge is 0.203 e. The number of Topliss-reactive ketones (excluding diaryl/α,β-unsaturated/α-hetero) is 1. The summed E-state index contributed by atoms with van der Waals surface area (Å²) >= 11 is 1.34. The van der Waals surface area contributed by atoms with E-state index in [2.05, 4.69) is 46.8 Å². The molecule has 1 fully saturated rings. The first kappa shape index (κ1) is 28.2. The Morgan fingerprint density at radius 1 is 0.839 bits per heavy atom. The average Bonchev–Trinajstić information content (AvgIpc) is 2.89. The first-order valence-electron chi connectivity index (χ1n) is 12.8. The second kappa shape index (κ2) is 14.3. The first-order chi connectivity index (χ1) is 14.7. The van der Waals surface area contributed by atoms with Gasteiger partial charge in [0.2, 0.25) is 5.12 Å². The molecular weight excluding hydrogens is 400 g/mol. The fourth-order valence-corrected chi connectivity index (χ4v) is 6.08. The molecule has 2 nitrogen and oxygen atoms in total. The molecule has 0 aromatic heterocycles. The van der Waals surface area contributed by atoms with Crippen molar-refractivity contribution in [3.63, 3.8) is 0 Å². The van der Waals surface area contributed by atoms with Crippen LogP contribution in [-0.4, -0.2) is 15.6 Å². The van der Waals surface area contributed by atoms with Gasteiger partial charge in [-0.1, -0.05) is 107 Å². The van der Waals surface area contributed by atoms with Gasteiger partial charge in [0.1, 0.15) is 5.41 Å². The van der Waals surface area contributed by atoms with E-state index in [1.54, 1.807) is 0 Å². The highest BCUT2D eigenvalue weighted by Crippen LogP contribution is 2.53. The van der Waals surface area contributed by atoms with Crippen LogP contribution in [0.25, 0.3) is 0 Å². The summed E-state index contributed by atoms with van der Waals surface area (Å²) in [7, 11) is 0. The molecule has 3 heteroatoms. The Morgan fingerprint density at radius 2 is 1.45 bits per heavy atom. The van der Waals surface area contributed by atoms with E-state index in [4.69, 9.17) is 0 Å². The van der Waals surface area contributed by atoms with Crippen molar-refractivity contribution in [1.82, 2.24) is 0 Å². The topological polar surface area (TPSA) is 34.1 Å². The Balaban J connectivity index is 2.68. The highest BCUT2D eigenvalue weighted by molar-refractivity contribution is 8.16. The van der Waals surface area contributed by atoms with Crippen molar-refractivity contribution in [2.75, 3.05) is 0 Å². The zero-order chi connectivity index (χ0) is 23.3. The summed E-state index contributed by atoms with van der Waals surface area (Å²) in [5, 5.41) is 0.120. The van der Waals surface area contributed by atoms with Crippen LogP contribution in [0.3, 0.4) is 0 Å². The molecule has 0 bridgehead atoms. The van der Waals surface area contributed by atoms with Crippen LogP contribution < -0.4 is 0 Å². The maximum Gasteiger partial charge on any atom is 0.203 e. The van der Waals surface area contributed by atoms with E-state index < -0.39 is 10.2 Å². The van der Waals surface area contributed by atoms with Gasteiger partial charge in [0.05, 0.1) is 4.75 Å². The summed E-state index contributed by atoms with van der Waals surface area (Å²) in [6.45, 7) is 12.7. The van der Waals surface area contributed by atoms with Gasteiger partial charge < -0.3 is 0 Å². The average molecular weight is 449 g/mol. The summed E-state index contributed by atoms with van der Waals surface area (Å²) < 4.78 is -0.529. The van der Waals surface area contributed by atoms with Gasteiger partial charge in [0, 0.05) is 0 Å². The number of hydrogen-bond acceptors (Lipinski definition) is 3. The van der Waals surface area contributed by atoms with Gasteiger partial charge in [-0.2, -0.15) is 0 Å². The molecule has 1 heterocycles. The molecule has 1 rings (SSSR count). The second-order valence-electron chi connectivity index (χ2n) is 10.1. The Hall–Kier alpha value is -0.830. The van der Waals surface area contributed by atoms with Crippen molar-refractivity contribution in [3.8, 4) is 0 Å². The van der Waals surface area contributed by atoms with Crippen LogP contribution in [0.2, 0.25) is 0 Å². The Bertz CT molecular complexity index is 629. The number of hydrogen-bond donors (Lipinski definition) is 0. The van der Waals surface area contributed by atoms with E-state index in [0.717, 1.165) is 32.1 Å². The highest BCUT2D eigenvalue weighted by atomic mass is 32.2. The normalized spacial score (nSPS) is 24.1. The zero-order valence-electron chi connectivity index (χ0n) is 21.3. The minimum atomic E-state index is -0.800. The molecule has 1 aliphatic rings. The number of unbranched alkanes of at least 4 members (excludes halogenated alkanes) is 7. The third-order valence-electron chi connectivity index (χ3n) is 6.70. The highest BCUT2D eigenvalue weighted by Gasteiger charge is 2.59. The van der Waals surface area contributed by atoms with Gasteiger partial charge in [-0.15, -0.1) is 0 Å². The standard InChI is InChI=1S/C28H48O2S/c1-7-9-10-11-12-13-14-15-21-27(6)25(29)28(20-8-2,26(30)31-27)22-19-24(5)18-16-17-23(3)4/h17,19H,7-16,18,20-22H2,1-6H3/b24-19-. The Labute approximate surface area is 197 Å². The molecule has 0 N–H and O–H groups in total. The lowest BCUT2D eigenvalue weighted by atomic mass is 9.72. The zero-order valence-corrected chi connectivity index (χ0v) is 22.1. The fourth-order valence-electron chi connectivity index (χ4n) is 4.67. The maximum atomic E-state index is 13.6. The molecule has 0 spiro atoms. The summed E-state index contributed by atoms with van der Waals surface area (Å²) in [6.07, 6.45) is 19.5. The fraction of sp³-hybridized carbons (Fsp3) is 0.786. The number of allylic oxidation sites excluding steroid dienone is 4. The molecule has 0 saturated carbocycles. The SMILES string of the molecule is CCCCCCCCCCC1(C)SC(=O)C(C/C=C(/C)CCC=C(C)C)(CCC)C1=O. The van der Waals surface area contributed by atoms with Gasteiger partial charge in [0.25, 0.3) is 0 Å². The summed E-state index contributed by atoms with van der Waals surface area (Å²) in [6, 6.07) is 0. The molecule has 0 aromatic rings. The van der Waals surface area contributed by atoms with Crippen LogP contribution in [0.1, 0.15) is 131 Å². The molecule has 1 saturated heterocycles. The Morgan fingerprint density at radius 3 is 2.03 bits per heavy atom. The van der Waals surface area contributed by atoms with Crippen molar-refractivity contribution in [2.24, 2.45) is 5.41 Å². The predicted molar refractivity (Wildman–Crippen MR) is 138 cm³/mol. The molecule has 0 aliphatic carbocycles. The molecule has 0 aromatic carbocycles. The summed E-state index contributed by atoms with van der Waals surface area (Å²) in [4.78, 5) is 26.8. The monoisotopic (exact) mass is 448 g/mol. The van der Waals surface area contributed by atoms with Crippen LogP contribution in [0.15, 0.2) is 23.3 Å². The van der Waals surface area contributed by atoms with E-state index in [0.29, 0.717) is 12.8 Å². The molecule has 0 amide bonds. The largest absolute Gasteiger partial charge is 0.297 e. The lowest BCUT2D eigenvalue weighted by Gasteiger charge is -2.27. The van der Waals surface area contributed by atoms with Crippen LogP contribution >= 0.6 is 11.8 Å². The van der Waals surface area contributed by atoms with Crippen molar-refractivity contribution in [3.05, 3.63) is 23.3 Å². The van der Waals surface area contributed by atoms with E-state index in [1.807, 2.05) is 6.92 Å². The van der Waals surface area contributed by atoms with E-state index in [-0.39, 0.29) is 10.9 Å². The molecular formula is C28H48O2S. The number of rotatable bonds is 16. The predicted octanol–water partition coefficient (Wildman–Crippen LogP) is 8.99. The van der Waals surface area contributed by atoms with Crippen molar-refractivity contribution in [2.45, 2.75) is 136 Å². The quantitative estimate of drug-likeness (QED) is 0.134. The lowest BCUT2D eigenvalue weighted by molar-refractivity contribution is -0.136. The number of carbonyl (C=O) groups excluding carboxylic acids is 2. The molecule has 178 valence electrons. The number of carbonyl (C=O) groups is 2. The number of ketones is 1. The Kier molecular flexibility index (Phi) is 13.1. The van der Waals surface area contributed by atoms with Gasteiger partial charge >= 0.3 is 0 Å². The summed E-state index contributed by atoms with van der Waals surface area (Å²) in [5.41, 5.74) is 1.83. The maximum absolute atomic E-state index is 13.6. The van der Waals surface area contributed by atoms with Gasteiger partial charge in [-0.3, -0.25) is 9.59 Å². The molecule has 0 radical (unpaired) electrons. The molecule has 31 heavy (non-hydrogen) atoms.